The van der Waals surface area contributed by atoms with Gasteiger partial charge in [0, 0.05) is 30.6 Å². The number of halogens is 2. The molecule has 1 heterocycles. The second-order valence-electron chi connectivity index (χ2n) is 7.35. The number of piperidine rings is 1. The first kappa shape index (κ1) is 24.3. The highest BCUT2D eigenvalue weighted by Crippen LogP contribution is 2.28. The van der Waals surface area contributed by atoms with Crippen molar-refractivity contribution in [3.05, 3.63) is 58.1 Å². The van der Waals surface area contributed by atoms with Crippen LogP contribution in [0, 0.1) is 17.2 Å². The maximum Gasteiger partial charge on any atom is 0.244 e. The largest absolute Gasteiger partial charge is 0.492 e. The van der Waals surface area contributed by atoms with Crippen LogP contribution in [0.4, 0.5) is 0 Å². The first-order valence-electron chi connectivity index (χ1n) is 10.2. The monoisotopic (exact) mass is 495 g/mol. The van der Waals surface area contributed by atoms with E-state index in [9.17, 15) is 18.5 Å². The molecule has 0 unspecified atom stereocenters. The van der Waals surface area contributed by atoms with Gasteiger partial charge in [0.25, 0.3) is 0 Å². The predicted octanol–water partition coefficient (Wildman–Crippen LogP) is 3.85. The topological polar surface area (TPSA) is 99.5 Å². The number of carbonyl (C=O) groups is 1. The maximum absolute atomic E-state index is 12.9. The fourth-order valence-electron chi connectivity index (χ4n) is 3.48. The Morgan fingerprint density at radius 2 is 1.91 bits per heavy atom. The standard InChI is InChI=1S/C22H23Cl2N3O4S/c23-18-6-7-20(19(24)14-18)31-13-3-10-26-22(28)16-8-11-27(12-9-16)32(29,30)21-5-2-1-4-17(21)15-25/h1-2,4-7,14,16H,3,8-13H2,(H,26,28). The maximum atomic E-state index is 12.9. The van der Waals surface area contributed by atoms with Crippen LogP contribution in [0.5, 0.6) is 5.75 Å². The zero-order chi connectivity index (χ0) is 23.1. The van der Waals surface area contributed by atoms with E-state index in [1.54, 1.807) is 30.3 Å². The fourth-order valence-corrected chi connectivity index (χ4v) is 5.56. The molecule has 1 N–H and O–H groups in total. The summed E-state index contributed by atoms with van der Waals surface area (Å²) in [6, 6.07) is 13.1. The van der Waals surface area contributed by atoms with Crippen molar-refractivity contribution in [3.63, 3.8) is 0 Å². The molecule has 0 radical (unpaired) electrons. The van der Waals surface area contributed by atoms with Gasteiger partial charge in [0.1, 0.15) is 11.8 Å². The number of ether oxygens (including phenoxy) is 1. The van der Waals surface area contributed by atoms with Crippen molar-refractivity contribution in [1.82, 2.24) is 9.62 Å². The summed E-state index contributed by atoms with van der Waals surface area (Å²) in [7, 11) is -3.77. The van der Waals surface area contributed by atoms with Crippen LogP contribution in [0.1, 0.15) is 24.8 Å². The minimum atomic E-state index is -3.77. The van der Waals surface area contributed by atoms with Crippen LogP contribution in [0.3, 0.4) is 0 Å². The summed E-state index contributed by atoms with van der Waals surface area (Å²) in [5.41, 5.74) is 0.120. The van der Waals surface area contributed by atoms with Crippen LogP contribution in [-0.2, 0) is 14.8 Å². The summed E-state index contributed by atoms with van der Waals surface area (Å²) in [5.74, 6) is 0.192. The lowest BCUT2D eigenvalue weighted by Crippen LogP contribution is -2.43. The fraction of sp³-hybridized carbons (Fsp3) is 0.364. The average molecular weight is 496 g/mol. The van der Waals surface area contributed by atoms with Gasteiger partial charge in [0.2, 0.25) is 15.9 Å². The third-order valence-electron chi connectivity index (χ3n) is 5.22. The van der Waals surface area contributed by atoms with Crippen molar-refractivity contribution in [2.24, 2.45) is 5.92 Å². The quantitative estimate of drug-likeness (QED) is 0.560. The molecular weight excluding hydrogens is 473 g/mol. The van der Waals surface area contributed by atoms with E-state index in [4.69, 9.17) is 27.9 Å². The number of benzene rings is 2. The summed E-state index contributed by atoms with van der Waals surface area (Å²) in [6.45, 7) is 1.30. The van der Waals surface area contributed by atoms with Gasteiger partial charge in [-0.3, -0.25) is 4.79 Å². The SMILES string of the molecule is N#Cc1ccccc1S(=O)(=O)N1CCC(C(=O)NCCCOc2ccc(Cl)cc2Cl)CC1. The number of hydrogen-bond donors (Lipinski definition) is 1. The molecule has 170 valence electrons. The van der Waals surface area contributed by atoms with Crippen LogP contribution in [0.25, 0.3) is 0 Å². The molecule has 1 aliphatic rings. The van der Waals surface area contributed by atoms with Crippen LogP contribution in [0.2, 0.25) is 10.0 Å². The lowest BCUT2D eigenvalue weighted by Gasteiger charge is -2.30. The highest BCUT2D eigenvalue weighted by Gasteiger charge is 2.33. The summed E-state index contributed by atoms with van der Waals surface area (Å²) >= 11 is 11.9. The molecule has 0 aliphatic carbocycles. The molecule has 1 amide bonds. The highest BCUT2D eigenvalue weighted by molar-refractivity contribution is 7.89. The number of sulfonamides is 1. The Balaban J connectivity index is 1.43. The van der Waals surface area contributed by atoms with Gasteiger partial charge in [-0.2, -0.15) is 9.57 Å². The molecule has 0 saturated carbocycles. The Hall–Kier alpha value is -2.31. The van der Waals surface area contributed by atoms with Crippen LogP contribution < -0.4 is 10.1 Å². The Morgan fingerprint density at radius 3 is 2.59 bits per heavy atom. The van der Waals surface area contributed by atoms with Crippen LogP contribution >= 0.6 is 23.2 Å². The van der Waals surface area contributed by atoms with E-state index in [1.165, 1.54) is 16.4 Å². The Labute approximate surface area is 197 Å². The molecule has 2 aromatic carbocycles. The zero-order valence-electron chi connectivity index (χ0n) is 17.3. The molecular formula is C22H23Cl2N3O4S. The summed E-state index contributed by atoms with van der Waals surface area (Å²) in [6.07, 6.45) is 1.45. The van der Waals surface area contributed by atoms with Gasteiger partial charge >= 0.3 is 0 Å². The summed E-state index contributed by atoms with van der Waals surface area (Å²) in [5, 5.41) is 13.0. The highest BCUT2D eigenvalue weighted by atomic mass is 35.5. The van der Waals surface area contributed by atoms with Crippen molar-refractivity contribution >= 4 is 39.1 Å². The molecule has 0 aromatic heterocycles. The van der Waals surface area contributed by atoms with Gasteiger partial charge in [-0.15, -0.1) is 0 Å². The van der Waals surface area contributed by atoms with Crippen molar-refractivity contribution in [3.8, 4) is 11.8 Å². The normalized spacial score (nSPS) is 15.2. The Morgan fingerprint density at radius 1 is 1.19 bits per heavy atom. The lowest BCUT2D eigenvalue weighted by atomic mass is 9.97. The summed E-state index contributed by atoms with van der Waals surface area (Å²) < 4.78 is 32.7. The van der Waals surface area contributed by atoms with Crippen molar-refractivity contribution in [1.29, 1.82) is 5.26 Å². The Kier molecular flexibility index (Phi) is 8.38. The average Bonchev–Trinajstić information content (AvgIpc) is 2.80. The molecule has 1 fully saturated rings. The minimum Gasteiger partial charge on any atom is -0.492 e. The molecule has 0 bridgehead atoms. The van der Waals surface area contributed by atoms with Crippen molar-refractivity contribution in [2.45, 2.75) is 24.2 Å². The minimum absolute atomic E-state index is 0.00573. The van der Waals surface area contributed by atoms with Gasteiger partial charge < -0.3 is 10.1 Å². The van der Waals surface area contributed by atoms with E-state index in [1.807, 2.05) is 6.07 Å². The van der Waals surface area contributed by atoms with E-state index in [0.717, 1.165) is 0 Å². The predicted molar refractivity (Wildman–Crippen MR) is 122 cm³/mol. The number of amides is 1. The van der Waals surface area contributed by atoms with Crippen LogP contribution in [-0.4, -0.2) is 44.9 Å². The molecule has 10 heteroatoms. The van der Waals surface area contributed by atoms with Gasteiger partial charge in [-0.1, -0.05) is 35.3 Å². The molecule has 0 atom stereocenters. The molecule has 3 rings (SSSR count). The molecule has 7 nitrogen and oxygen atoms in total. The van der Waals surface area contributed by atoms with Gasteiger partial charge in [0.05, 0.1) is 22.1 Å². The zero-order valence-corrected chi connectivity index (χ0v) is 19.6. The number of nitriles is 1. The van der Waals surface area contributed by atoms with Gasteiger partial charge in [-0.05, 0) is 49.6 Å². The smallest absolute Gasteiger partial charge is 0.244 e. The second-order valence-corrected chi connectivity index (χ2v) is 10.1. The number of hydrogen-bond acceptors (Lipinski definition) is 5. The van der Waals surface area contributed by atoms with E-state index in [0.29, 0.717) is 48.2 Å². The van der Waals surface area contributed by atoms with E-state index in [-0.39, 0.29) is 35.4 Å². The molecule has 1 saturated heterocycles. The third kappa shape index (κ3) is 5.93. The molecule has 1 aliphatic heterocycles. The number of nitrogens with one attached hydrogen (secondary N) is 1. The molecule has 32 heavy (non-hydrogen) atoms. The van der Waals surface area contributed by atoms with Gasteiger partial charge in [-0.25, -0.2) is 8.42 Å². The van der Waals surface area contributed by atoms with Gasteiger partial charge in [0.15, 0.2) is 0 Å². The second kappa shape index (κ2) is 11.0. The van der Waals surface area contributed by atoms with Crippen LogP contribution in [0.15, 0.2) is 47.4 Å². The Bertz CT molecular complexity index is 1110. The number of nitrogens with zero attached hydrogens (tertiary/aromatic N) is 2. The van der Waals surface area contributed by atoms with E-state index in [2.05, 4.69) is 5.32 Å². The van der Waals surface area contributed by atoms with E-state index >= 15 is 0 Å². The molecule has 0 spiro atoms. The first-order chi connectivity index (χ1) is 15.3. The first-order valence-corrected chi connectivity index (χ1v) is 12.4. The summed E-state index contributed by atoms with van der Waals surface area (Å²) in [4.78, 5) is 12.5. The van der Waals surface area contributed by atoms with Crippen molar-refractivity contribution < 1.29 is 17.9 Å². The number of rotatable bonds is 8. The lowest BCUT2D eigenvalue weighted by molar-refractivity contribution is -0.126. The van der Waals surface area contributed by atoms with E-state index < -0.39 is 10.0 Å². The van der Waals surface area contributed by atoms with Crippen molar-refractivity contribution in [2.75, 3.05) is 26.2 Å². The molecule has 2 aromatic rings. The number of carbonyl (C=O) groups excluding carboxylic acids is 1. The third-order valence-corrected chi connectivity index (χ3v) is 7.71.